The minimum absolute atomic E-state index is 0.123. The van der Waals surface area contributed by atoms with E-state index in [2.05, 4.69) is 0 Å². The summed E-state index contributed by atoms with van der Waals surface area (Å²) in [5, 5.41) is 19.7. The smallest absolute Gasteiger partial charge is 0.324 e. The third-order valence-electron chi connectivity index (χ3n) is 3.21. The van der Waals surface area contributed by atoms with Crippen molar-refractivity contribution < 1.29 is 14.8 Å². The fourth-order valence-electron chi connectivity index (χ4n) is 2.29. The van der Waals surface area contributed by atoms with Crippen molar-refractivity contribution in [3.8, 4) is 0 Å². The van der Waals surface area contributed by atoms with Crippen molar-refractivity contribution in [2.24, 2.45) is 11.8 Å². The summed E-state index contributed by atoms with van der Waals surface area (Å²) in [6.45, 7) is 3.76. The molecule has 2 heterocycles. The van der Waals surface area contributed by atoms with Crippen LogP contribution in [0.5, 0.6) is 0 Å². The van der Waals surface area contributed by atoms with Gasteiger partial charge in [0, 0.05) is 30.6 Å². The molecule has 6 nitrogen and oxygen atoms in total. The standard InChI is InChI=1S/C11H14N2O4S/c1-7-4-12(6-9(7)11(14)15)5-8-2-3-10(18-8)13(16)17/h2-3,7,9H,4-6H2,1H3,(H,14,15). The van der Waals surface area contributed by atoms with Crippen LogP contribution in [-0.2, 0) is 11.3 Å². The minimum Gasteiger partial charge on any atom is -0.481 e. The maximum absolute atomic E-state index is 11.0. The lowest BCUT2D eigenvalue weighted by Gasteiger charge is -2.13. The molecule has 0 spiro atoms. The fraction of sp³-hybridized carbons (Fsp3) is 0.545. The summed E-state index contributed by atoms with van der Waals surface area (Å²) >= 11 is 1.15. The van der Waals surface area contributed by atoms with Gasteiger partial charge in [-0.1, -0.05) is 18.3 Å². The molecule has 0 bridgehead atoms. The molecule has 1 saturated heterocycles. The highest BCUT2D eigenvalue weighted by atomic mass is 32.1. The molecule has 1 aromatic rings. The number of likely N-dealkylation sites (tertiary alicyclic amines) is 1. The summed E-state index contributed by atoms with van der Waals surface area (Å²) in [4.78, 5) is 24.1. The molecule has 0 saturated carbocycles. The maximum Gasteiger partial charge on any atom is 0.324 e. The second kappa shape index (κ2) is 5.03. The average Bonchev–Trinajstić information content (AvgIpc) is 2.86. The molecule has 7 heteroatoms. The number of hydrogen-bond donors (Lipinski definition) is 1. The molecule has 0 radical (unpaired) electrons. The number of carbonyl (C=O) groups is 1. The number of carboxylic acid groups (broad SMARTS) is 1. The molecule has 0 amide bonds. The van der Waals surface area contributed by atoms with Crippen LogP contribution in [0, 0.1) is 22.0 Å². The molecule has 1 aliphatic heterocycles. The van der Waals surface area contributed by atoms with E-state index in [0.717, 1.165) is 22.8 Å². The number of rotatable bonds is 4. The SMILES string of the molecule is CC1CN(Cc2ccc([N+](=O)[O-])s2)CC1C(=O)O. The Bertz CT molecular complexity index is 473. The number of nitrogens with zero attached hydrogens (tertiary/aromatic N) is 2. The number of aliphatic carboxylic acids is 1. The summed E-state index contributed by atoms with van der Waals surface area (Å²) < 4.78 is 0. The Morgan fingerprint density at radius 3 is 2.83 bits per heavy atom. The Hall–Kier alpha value is -1.47. The van der Waals surface area contributed by atoms with Crippen LogP contribution in [0.4, 0.5) is 5.00 Å². The van der Waals surface area contributed by atoms with E-state index in [1.54, 1.807) is 6.07 Å². The second-order valence-corrected chi connectivity index (χ2v) is 5.76. The normalized spacial score (nSPS) is 24.3. The molecule has 18 heavy (non-hydrogen) atoms. The fourth-order valence-corrected chi connectivity index (χ4v) is 3.15. The van der Waals surface area contributed by atoms with E-state index in [-0.39, 0.29) is 16.8 Å². The molecule has 1 aliphatic rings. The molecular weight excluding hydrogens is 256 g/mol. The maximum atomic E-state index is 11.0. The molecule has 1 aromatic heterocycles. The van der Waals surface area contributed by atoms with Crippen LogP contribution in [0.3, 0.4) is 0 Å². The first-order chi connectivity index (χ1) is 8.47. The molecule has 98 valence electrons. The van der Waals surface area contributed by atoms with E-state index in [1.807, 2.05) is 11.8 Å². The largest absolute Gasteiger partial charge is 0.481 e. The van der Waals surface area contributed by atoms with Gasteiger partial charge in [0.1, 0.15) is 0 Å². The average molecular weight is 270 g/mol. The molecule has 2 atom stereocenters. The summed E-state index contributed by atoms with van der Waals surface area (Å²) in [5.41, 5.74) is 0. The van der Waals surface area contributed by atoms with Gasteiger partial charge in [-0.15, -0.1) is 0 Å². The Balaban J connectivity index is 1.98. The van der Waals surface area contributed by atoms with Gasteiger partial charge in [0.15, 0.2) is 0 Å². The van der Waals surface area contributed by atoms with Gasteiger partial charge in [0.05, 0.1) is 10.8 Å². The van der Waals surface area contributed by atoms with Crippen molar-refractivity contribution >= 4 is 22.3 Å². The van der Waals surface area contributed by atoms with E-state index >= 15 is 0 Å². The summed E-state index contributed by atoms with van der Waals surface area (Å²) in [6.07, 6.45) is 0. The summed E-state index contributed by atoms with van der Waals surface area (Å²) in [5.74, 6) is -0.973. The number of thiophene rings is 1. The van der Waals surface area contributed by atoms with Crippen LogP contribution >= 0.6 is 11.3 Å². The van der Waals surface area contributed by atoms with Gasteiger partial charge < -0.3 is 5.11 Å². The van der Waals surface area contributed by atoms with Crippen LogP contribution in [-0.4, -0.2) is 34.0 Å². The molecule has 1 fully saturated rings. The summed E-state index contributed by atoms with van der Waals surface area (Å²) in [7, 11) is 0. The Labute approximate surface area is 108 Å². The molecule has 1 N–H and O–H groups in total. The summed E-state index contributed by atoms with van der Waals surface area (Å²) in [6, 6.07) is 3.23. The predicted molar refractivity (Wildman–Crippen MR) is 66.5 cm³/mol. The predicted octanol–water partition coefficient (Wildman–Crippen LogP) is 1.81. The van der Waals surface area contributed by atoms with E-state index in [9.17, 15) is 14.9 Å². The topological polar surface area (TPSA) is 83.7 Å². The first kappa shape index (κ1) is 13.0. The van der Waals surface area contributed by atoms with Gasteiger partial charge in [0.25, 0.3) is 0 Å². The van der Waals surface area contributed by atoms with Crippen LogP contribution in [0.15, 0.2) is 12.1 Å². The molecular formula is C11H14N2O4S. The highest BCUT2D eigenvalue weighted by Crippen LogP contribution is 2.29. The highest BCUT2D eigenvalue weighted by molar-refractivity contribution is 7.15. The molecule has 0 aliphatic carbocycles. The van der Waals surface area contributed by atoms with Crippen molar-refractivity contribution in [2.45, 2.75) is 13.5 Å². The van der Waals surface area contributed by atoms with Gasteiger partial charge in [0.2, 0.25) is 0 Å². The lowest BCUT2D eigenvalue weighted by Crippen LogP contribution is -2.22. The van der Waals surface area contributed by atoms with Crippen molar-refractivity contribution in [2.75, 3.05) is 13.1 Å². The minimum atomic E-state index is -0.762. The van der Waals surface area contributed by atoms with Crippen molar-refractivity contribution in [3.63, 3.8) is 0 Å². The Morgan fingerprint density at radius 1 is 1.61 bits per heavy atom. The molecule has 2 rings (SSSR count). The zero-order valence-corrected chi connectivity index (χ0v) is 10.7. The Kier molecular flexibility index (Phi) is 3.63. The van der Waals surface area contributed by atoms with Gasteiger partial charge in [-0.3, -0.25) is 19.8 Å². The van der Waals surface area contributed by atoms with Crippen LogP contribution in [0.2, 0.25) is 0 Å². The van der Waals surface area contributed by atoms with Crippen molar-refractivity contribution in [1.29, 1.82) is 0 Å². The zero-order chi connectivity index (χ0) is 13.3. The third kappa shape index (κ3) is 2.68. The lowest BCUT2D eigenvalue weighted by atomic mass is 9.99. The first-order valence-corrected chi connectivity index (χ1v) is 6.47. The van der Waals surface area contributed by atoms with Crippen LogP contribution < -0.4 is 0 Å². The van der Waals surface area contributed by atoms with Crippen LogP contribution in [0.1, 0.15) is 11.8 Å². The van der Waals surface area contributed by atoms with Crippen molar-refractivity contribution in [3.05, 3.63) is 27.1 Å². The number of carboxylic acids is 1. The second-order valence-electron chi connectivity index (χ2n) is 4.61. The lowest BCUT2D eigenvalue weighted by molar-refractivity contribution is -0.380. The van der Waals surface area contributed by atoms with E-state index in [0.29, 0.717) is 13.1 Å². The van der Waals surface area contributed by atoms with E-state index in [4.69, 9.17) is 5.11 Å². The number of nitro groups is 1. The van der Waals surface area contributed by atoms with Gasteiger partial charge in [-0.2, -0.15) is 0 Å². The Morgan fingerprint density at radius 2 is 2.33 bits per heavy atom. The monoisotopic (exact) mass is 270 g/mol. The quantitative estimate of drug-likeness (QED) is 0.666. The van der Waals surface area contributed by atoms with E-state index < -0.39 is 10.9 Å². The third-order valence-corrected chi connectivity index (χ3v) is 4.23. The number of hydrogen-bond acceptors (Lipinski definition) is 5. The first-order valence-electron chi connectivity index (χ1n) is 5.65. The highest BCUT2D eigenvalue weighted by Gasteiger charge is 2.34. The van der Waals surface area contributed by atoms with Crippen molar-refractivity contribution in [1.82, 2.24) is 4.90 Å². The molecule has 2 unspecified atom stereocenters. The van der Waals surface area contributed by atoms with E-state index in [1.165, 1.54) is 6.07 Å². The van der Waals surface area contributed by atoms with Gasteiger partial charge in [-0.05, 0) is 12.0 Å². The van der Waals surface area contributed by atoms with Crippen LogP contribution in [0.25, 0.3) is 0 Å². The zero-order valence-electron chi connectivity index (χ0n) is 9.91. The van der Waals surface area contributed by atoms with Gasteiger partial charge in [-0.25, -0.2) is 0 Å². The molecule has 0 aromatic carbocycles. The van der Waals surface area contributed by atoms with Gasteiger partial charge >= 0.3 is 11.0 Å².